The van der Waals surface area contributed by atoms with Gasteiger partial charge < -0.3 is 25.2 Å². The molecule has 2 aromatic carbocycles. The highest BCUT2D eigenvalue weighted by atomic mass is 16.6. The monoisotopic (exact) mass is 559 g/mol. The number of carbonyl (C=O) groups excluding carboxylic acids is 2. The summed E-state index contributed by atoms with van der Waals surface area (Å²) in [5, 5.41) is 18.0. The van der Waals surface area contributed by atoms with Gasteiger partial charge in [0, 0.05) is 80.4 Å². The number of anilines is 3. The number of likely N-dealkylation sites (N-methyl/N-ethyl adjacent to an activating group) is 1. The third-order valence-electron chi connectivity index (χ3n) is 7.38. The van der Waals surface area contributed by atoms with Gasteiger partial charge in [-0.3, -0.25) is 29.6 Å². The largest absolute Gasteiger partial charge is 0.369 e. The number of rotatable bonds is 7. The second-order valence-corrected chi connectivity index (χ2v) is 10.1. The number of benzene rings is 2. The predicted molar refractivity (Wildman–Crippen MR) is 156 cm³/mol. The normalized spacial score (nSPS) is 17.6. The van der Waals surface area contributed by atoms with Gasteiger partial charge in [0.1, 0.15) is 11.8 Å². The summed E-state index contributed by atoms with van der Waals surface area (Å²) in [6.07, 6.45) is 2.53. The summed E-state index contributed by atoms with van der Waals surface area (Å²) in [4.78, 5) is 48.4. The maximum Gasteiger partial charge on any atom is 0.282 e. The molecule has 12 nitrogen and oxygen atoms in total. The highest BCUT2D eigenvalue weighted by Gasteiger charge is 2.30. The number of carbonyl (C=O) groups is 2. The lowest BCUT2D eigenvalue weighted by Gasteiger charge is -2.35. The van der Waals surface area contributed by atoms with Crippen molar-refractivity contribution >= 4 is 34.6 Å². The number of nitro groups is 1. The van der Waals surface area contributed by atoms with Crippen LogP contribution in [0.25, 0.3) is 0 Å². The van der Waals surface area contributed by atoms with Crippen LogP contribution in [0.5, 0.6) is 0 Å². The van der Waals surface area contributed by atoms with E-state index < -0.39 is 17.1 Å². The summed E-state index contributed by atoms with van der Waals surface area (Å²) in [5.41, 5.74) is 2.59. The van der Waals surface area contributed by atoms with Gasteiger partial charge in [-0.15, -0.1) is 0 Å². The molecule has 2 fully saturated rings. The van der Waals surface area contributed by atoms with Crippen molar-refractivity contribution in [2.24, 2.45) is 0 Å². The molecule has 3 aromatic rings. The van der Waals surface area contributed by atoms with E-state index in [0.717, 1.165) is 37.4 Å². The first-order valence-corrected chi connectivity index (χ1v) is 13.5. The Morgan fingerprint density at radius 3 is 2.54 bits per heavy atom. The molecule has 0 spiro atoms. The number of hydrogen-bond donors (Lipinski definition) is 2. The maximum absolute atomic E-state index is 13.6. The van der Waals surface area contributed by atoms with Crippen molar-refractivity contribution in [3.05, 3.63) is 87.7 Å². The van der Waals surface area contributed by atoms with Crippen molar-refractivity contribution in [2.45, 2.75) is 13.2 Å². The van der Waals surface area contributed by atoms with Crippen molar-refractivity contribution in [1.82, 2.24) is 15.2 Å². The Balaban J connectivity index is 1.46. The topological polar surface area (TPSA) is 133 Å². The van der Waals surface area contributed by atoms with Gasteiger partial charge in [0.05, 0.1) is 11.5 Å². The maximum atomic E-state index is 13.6. The number of pyridine rings is 1. The molecule has 1 unspecified atom stereocenters. The van der Waals surface area contributed by atoms with E-state index in [1.165, 1.54) is 6.07 Å². The third-order valence-corrected chi connectivity index (χ3v) is 7.38. The van der Waals surface area contributed by atoms with E-state index in [9.17, 15) is 19.7 Å². The molecule has 41 heavy (non-hydrogen) atoms. The molecule has 0 saturated carbocycles. The average molecular weight is 560 g/mol. The first-order chi connectivity index (χ1) is 19.8. The smallest absolute Gasteiger partial charge is 0.282 e. The molecule has 2 aliphatic rings. The van der Waals surface area contributed by atoms with Crippen LogP contribution in [0.2, 0.25) is 0 Å². The number of nitrogens with one attached hydrogen (secondary N) is 2. The van der Waals surface area contributed by atoms with Gasteiger partial charge in [-0.05, 0) is 55.9 Å². The Morgan fingerprint density at radius 1 is 1.10 bits per heavy atom. The highest BCUT2D eigenvalue weighted by Crippen LogP contribution is 2.30. The number of nitro benzene ring substituents is 1. The van der Waals surface area contributed by atoms with Crippen LogP contribution in [0.4, 0.5) is 22.7 Å². The first kappa shape index (κ1) is 28.1. The zero-order valence-electron chi connectivity index (χ0n) is 23.1. The van der Waals surface area contributed by atoms with E-state index >= 15 is 0 Å². The zero-order chi connectivity index (χ0) is 28.9. The number of amides is 2. The molecule has 1 aromatic heterocycles. The number of aromatic nitrogens is 1. The molecule has 12 heteroatoms. The summed E-state index contributed by atoms with van der Waals surface area (Å²) in [5.74, 6) is -0.881. The Kier molecular flexibility index (Phi) is 8.53. The minimum atomic E-state index is -0.601. The summed E-state index contributed by atoms with van der Waals surface area (Å²) in [7, 11) is 2.05. The lowest BCUT2D eigenvalue weighted by molar-refractivity contribution is -0.385. The Hall–Kier alpha value is -4.39. The van der Waals surface area contributed by atoms with Gasteiger partial charge in [0.15, 0.2) is 0 Å². The molecular weight excluding hydrogens is 526 g/mol. The molecule has 1 atom stereocenters. The van der Waals surface area contributed by atoms with Gasteiger partial charge in [0.2, 0.25) is 0 Å². The second kappa shape index (κ2) is 12.4. The number of ether oxygens (including phenoxy) is 1. The van der Waals surface area contributed by atoms with E-state index in [4.69, 9.17) is 4.74 Å². The number of nitrogens with zero attached hydrogens (tertiary/aromatic N) is 5. The van der Waals surface area contributed by atoms with Crippen molar-refractivity contribution in [3.63, 3.8) is 0 Å². The van der Waals surface area contributed by atoms with Crippen molar-refractivity contribution < 1.29 is 19.2 Å². The van der Waals surface area contributed by atoms with E-state index in [1.807, 2.05) is 14.0 Å². The lowest BCUT2D eigenvalue weighted by atomic mass is 10.1. The van der Waals surface area contributed by atoms with Crippen LogP contribution in [-0.2, 0) is 4.74 Å². The fraction of sp³-hybridized carbons (Fsp3) is 0.345. The Bertz CT molecular complexity index is 1420. The van der Waals surface area contributed by atoms with Crippen molar-refractivity contribution in [2.75, 3.05) is 68.0 Å². The molecular formula is C29H33N7O5. The second-order valence-electron chi connectivity index (χ2n) is 10.1. The number of hydrogen-bond acceptors (Lipinski definition) is 9. The number of piperazine rings is 1. The van der Waals surface area contributed by atoms with Crippen LogP contribution < -0.4 is 20.4 Å². The fourth-order valence-corrected chi connectivity index (χ4v) is 4.98. The summed E-state index contributed by atoms with van der Waals surface area (Å²) in [6, 6.07) is 13.2. The zero-order valence-corrected chi connectivity index (χ0v) is 23.1. The van der Waals surface area contributed by atoms with Crippen LogP contribution in [0.3, 0.4) is 0 Å². The molecule has 5 rings (SSSR count). The average Bonchev–Trinajstić information content (AvgIpc) is 3.00. The van der Waals surface area contributed by atoms with E-state index in [1.54, 1.807) is 59.8 Å². The SMILES string of the molecule is Cc1ccc(N(C(=O)c2ccncc2)C2CNCCO2)cc1NC(=O)c1cc(N2CCN(C)CC2)ccc1[N+](=O)[O-]. The van der Waals surface area contributed by atoms with Gasteiger partial charge in [-0.1, -0.05) is 6.07 Å². The molecule has 3 heterocycles. The van der Waals surface area contributed by atoms with Gasteiger partial charge >= 0.3 is 0 Å². The standard InChI is InChI=1S/C29H33N7O5/c1-20-3-4-23(35(27-19-31-11-16-41-27)29(38)21-7-9-30-10-8-21)18-25(20)32-28(37)24-17-22(5-6-26(24)36(39)40)34-14-12-33(2)13-15-34/h3-10,17-18,27,31H,11-16,19H2,1-2H3,(H,32,37). The van der Waals surface area contributed by atoms with Gasteiger partial charge in [0.25, 0.3) is 17.5 Å². The molecule has 2 amide bonds. The van der Waals surface area contributed by atoms with Gasteiger partial charge in [-0.25, -0.2) is 0 Å². The Morgan fingerprint density at radius 2 is 1.85 bits per heavy atom. The molecule has 214 valence electrons. The van der Waals surface area contributed by atoms with Gasteiger partial charge in [-0.2, -0.15) is 0 Å². The third kappa shape index (κ3) is 6.35. The summed E-state index contributed by atoms with van der Waals surface area (Å²) < 4.78 is 5.93. The molecule has 0 radical (unpaired) electrons. The first-order valence-electron chi connectivity index (χ1n) is 13.5. The van der Waals surface area contributed by atoms with E-state index in [0.29, 0.717) is 36.6 Å². The molecule has 0 aliphatic carbocycles. The molecule has 0 bridgehead atoms. The van der Waals surface area contributed by atoms with Crippen molar-refractivity contribution in [1.29, 1.82) is 0 Å². The molecule has 2 aliphatic heterocycles. The summed E-state index contributed by atoms with van der Waals surface area (Å²) >= 11 is 0. The minimum Gasteiger partial charge on any atom is -0.369 e. The molecule has 2 N–H and O–H groups in total. The lowest BCUT2D eigenvalue weighted by Crippen LogP contribution is -2.52. The van der Waals surface area contributed by atoms with Crippen molar-refractivity contribution in [3.8, 4) is 0 Å². The fourth-order valence-electron chi connectivity index (χ4n) is 4.98. The predicted octanol–water partition coefficient (Wildman–Crippen LogP) is 2.90. The van der Waals surface area contributed by atoms with Crippen LogP contribution in [0, 0.1) is 17.0 Å². The summed E-state index contributed by atoms with van der Waals surface area (Å²) in [6.45, 7) is 6.60. The van der Waals surface area contributed by atoms with Crippen LogP contribution in [0.15, 0.2) is 60.9 Å². The minimum absolute atomic E-state index is 0.0271. The number of aryl methyl sites for hydroxylation is 1. The van der Waals surface area contributed by atoms with E-state index in [-0.39, 0.29) is 17.2 Å². The molecule has 2 saturated heterocycles. The highest BCUT2D eigenvalue weighted by molar-refractivity contribution is 6.09. The van der Waals surface area contributed by atoms with Crippen LogP contribution in [-0.4, -0.2) is 85.8 Å². The quantitative estimate of drug-likeness (QED) is 0.331. The van der Waals surface area contributed by atoms with E-state index in [2.05, 4.69) is 25.4 Å². The number of morpholine rings is 1. The van der Waals surface area contributed by atoms with Crippen LogP contribution >= 0.6 is 0 Å². The van der Waals surface area contributed by atoms with Crippen LogP contribution in [0.1, 0.15) is 26.3 Å². The Labute approximate surface area is 238 Å².